The Bertz CT molecular complexity index is 861. The average molecular weight is 446 g/mol. The third-order valence-corrected chi connectivity index (χ3v) is 4.65. The molecule has 0 saturated heterocycles. The summed E-state index contributed by atoms with van der Waals surface area (Å²) in [5.41, 5.74) is 6.82. The Kier molecular flexibility index (Phi) is 7.34. The number of halogens is 1. The molecular formula is C21H24BrN3O3. The summed E-state index contributed by atoms with van der Waals surface area (Å²) in [6.07, 6.45) is -0.0198. The van der Waals surface area contributed by atoms with Gasteiger partial charge in [0.15, 0.2) is 0 Å². The number of benzene rings is 2. The molecule has 0 unspecified atom stereocenters. The van der Waals surface area contributed by atoms with E-state index in [2.05, 4.69) is 52.9 Å². The topological polar surface area (TPSA) is 87.3 Å². The summed E-state index contributed by atoms with van der Waals surface area (Å²) >= 11 is 3.49. The molecule has 0 aromatic heterocycles. The largest absolute Gasteiger partial charge is 0.326 e. The number of hydrogen-bond acceptors (Lipinski definition) is 3. The van der Waals surface area contributed by atoms with Crippen molar-refractivity contribution in [1.82, 2.24) is 10.9 Å². The summed E-state index contributed by atoms with van der Waals surface area (Å²) < 4.78 is 0.830. The van der Waals surface area contributed by atoms with E-state index in [1.807, 2.05) is 24.3 Å². The summed E-state index contributed by atoms with van der Waals surface area (Å²) in [7, 11) is 0. The zero-order valence-electron chi connectivity index (χ0n) is 16.1. The van der Waals surface area contributed by atoms with Crippen molar-refractivity contribution in [1.29, 1.82) is 0 Å². The second kappa shape index (κ2) is 9.50. The smallest absolute Gasteiger partial charge is 0.269 e. The summed E-state index contributed by atoms with van der Waals surface area (Å²) in [6, 6.07) is 14.3. The van der Waals surface area contributed by atoms with Gasteiger partial charge in [0.1, 0.15) is 0 Å². The third-order valence-electron chi connectivity index (χ3n) is 3.99. The molecule has 6 nitrogen and oxygen atoms in total. The molecule has 0 spiro atoms. The van der Waals surface area contributed by atoms with Gasteiger partial charge in [-0.15, -0.1) is 0 Å². The van der Waals surface area contributed by atoms with Gasteiger partial charge < -0.3 is 5.32 Å². The second-order valence-electron chi connectivity index (χ2n) is 7.36. The molecule has 0 aliphatic carbocycles. The van der Waals surface area contributed by atoms with Crippen molar-refractivity contribution in [3.05, 3.63) is 64.1 Å². The number of rotatable bonds is 5. The van der Waals surface area contributed by atoms with E-state index in [1.165, 1.54) is 0 Å². The monoisotopic (exact) mass is 445 g/mol. The molecule has 0 bridgehead atoms. The predicted octanol–water partition coefficient (Wildman–Crippen LogP) is 3.93. The molecule has 28 heavy (non-hydrogen) atoms. The van der Waals surface area contributed by atoms with Gasteiger partial charge in [0.2, 0.25) is 11.8 Å². The number of para-hydroxylation sites is 1. The van der Waals surface area contributed by atoms with Gasteiger partial charge in [0.25, 0.3) is 5.91 Å². The van der Waals surface area contributed by atoms with Crippen molar-refractivity contribution in [3.63, 3.8) is 0 Å². The maximum atomic E-state index is 12.2. The van der Waals surface area contributed by atoms with E-state index in [0.717, 1.165) is 10.0 Å². The Morgan fingerprint density at radius 1 is 0.893 bits per heavy atom. The summed E-state index contributed by atoms with van der Waals surface area (Å²) in [6.45, 7) is 6.25. The van der Waals surface area contributed by atoms with Crippen LogP contribution in [0.2, 0.25) is 0 Å². The highest BCUT2D eigenvalue weighted by atomic mass is 79.9. The zero-order chi connectivity index (χ0) is 20.7. The molecule has 3 N–H and O–H groups in total. The van der Waals surface area contributed by atoms with E-state index in [0.29, 0.717) is 11.3 Å². The van der Waals surface area contributed by atoms with E-state index >= 15 is 0 Å². The maximum Gasteiger partial charge on any atom is 0.269 e. The standard InChI is InChI=1S/C21H24BrN3O3/c1-21(2,3)16-10-9-14(13-17(16)22)20(28)25-24-19(27)12-11-18(26)23-15-7-5-4-6-8-15/h4-10,13H,11-12H2,1-3H3,(H,23,26)(H,24,27)(H,25,28). The van der Waals surface area contributed by atoms with Gasteiger partial charge in [-0.1, -0.05) is 61.0 Å². The van der Waals surface area contributed by atoms with Gasteiger partial charge >= 0.3 is 0 Å². The molecule has 2 rings (SSSR count). The van der Waals surface area contributed by atoms with Crippen LogP contribution in [0.15, 0.2) is 53.0 Å². The Morgan fingerprint density at radius 2 is 1.54 bits per heavy atom. The minimum Gasteiger partial charge on any atom is -0.326 e. The van der Waals surface area contributed by atoms with E-state index < -0.39 is 11.8 Å². The first kappa shape index (κ1) is 21.6. The molecule has 0 saturated carbocycles. The van der Waals surface area contributed by atoms with Crippen molar-refractivity contribution < 1.29 is 14.4 Å². The predicted molar refractivity (Wildman–Crippen MR) is 113 cm³/mol. The Morgan fingerprint density at radius 3 is 2.14 bits per heavy atom. The number of anilines is 1. The molecule has 7 heteroatoms. The number of amides is 3. The lowest BCUT2D eigenvalue weighted by Gasteiger charge is -2.21. The Labute approximate surface area is 173 Å². The maximum absolute atomic E-state index is 12.2. The lowest BCUT2D eigenvalue weighted by molar-refractivity contribution is -0.124. The van der Waals surface area contributed by atoms with E-state index in [1.54, 1.807) is 24.3 Å². The van der Waals surface area contributed by atoms with Crippen molar-refractivity contribution in [3.8, 4) is 0 Å². The van der Waals surface area contributed by atoms with Gasteiger partial charge in [-0.2, -0.15) is 0 Å². The van der Waals surface area contributed by atoms with Gasteiger partial charge in [-0.3, -0.25) is 25.2 Å². The van der Waals surface area contributed by atoms with Gasteiger partial charge in [0.05, 0.1) is 0 Å². The van der Waals surface area contributed by atoms with Crippen molar-refractivity contribution >= 4 is 39.3 Å². The van der Waals surface area contributed by atoms with Crippen molar-refractivity contribution in [2.24, 2.45) is 0 Å². The first-order valence-corrected chi connectivity index (χ1v) is 9.70. The molecule has 0 radical (unpaired) electrons. The molecule has 148 valence electrons. The first-order chi connectivity index (χ1) is 13.2. The molecule has 0 fully saturated rings. The Balaban J connectivity index is 1.80. The highest BCUT2D eigenvalue weighted by Gasteiger charge is 2.18. The first-order valence-electron chi connectivity index (χ1n) is 8.91. The van der Waals surface area contributed by atoms with Gasteiger partial charge in [-0.05, 0) is 35.2 Å². The zero-order valence-corrected chi connectivity index (χ0v) is 17.7. The fraction of sp³-hybridized carbons (Fsp3) is 0.286. The van der Waals surface area contributed by atoms with Crippen LogP contribution in [0.4, 0.5) is 5.69 Å². The fourth-order valence-corrected chi connectivity index (χ4v) is 3.47. The molecule has 0 atom stereocenters. The van der Waals surface area contributed by atoms with E-state index in [9.17, 15) is 14.4 Å². The molecule has 0 aliphatic heterocycles. The third kappa shape index (κ3) is 6.49. The summed E-state index contributed by atoms with van der Waals surface area (Å²) in [5, 5.41) is 2.70. The van der Waals surface area contributed by atoms with Gasteiger partial charge in [0, 0.05) is 28.6 Å². The number of carbonyl (C=O) groups is 3. The number of hydrazine groups is 1. The van der Waals surface area contributed by atoms with Crippen LogP contribution in [0.5, 0.6) is 0 Å². The van der Waals surface area contributed by atoms with Crippen LogP contribution in [-0.4, -0.2) is 17.7 Å². The van der Waals surface area contributed by atoms with Crippen LogP contribution in [0, 0.1) is 0 Å². The Hall–Kier alpha value is -2.67. The minimum absolute atomic E-state index is 0.0163. The van der Waals surface area contributed by atoms with Crippen LogP contribution < -0.4 is 16.2 Å². The van der Waals surface area contributed by atoms with Gasteiger partial charge in [-0.25, -0.2) is 0 Å². The summed E-state index contributed by atoms with van der Waals surface area (Å²) in [4.78, 5) is 35.9. The normalized spacial score (nSPS) is 10.9. The molecule has 0 aliphatic rings. The molecule has 2 aromatic carbocycles. The van der Waals surface area contributed by atoms with E-state index in [4.69, 9.17) is 0 Å². The van der Waals surface area contributed by atoms with Crippen LogP contribution in [-0.2, 0) is 15.0 Å². The lowest BCUT2D eigenvalue weighted by atomic mass is 9.86. The van der Waals surface area contributed by atoms with Crippen molar-refractivity contribution in [2.45, 2.75) is 39.0 Å². The SMILES string of the molecule is CC(C)(C)c1ccc(C(=O)NNC(=O)CCC(=O)Nc2ccccc2)cc1Br. The van der Waals surface area contributed by atoms with Crippen LogP contribution in [0.25, 0.3) is 0 Å². The second-order valence-corrected chi connectivity index (χ2v) is 8.22. The number of carbonyl (C=O) groups excluding carboxylic acids is 3. The van der Waals surface area contributed by atoms with E-state index in [-0.39, 0.29) is 24.2 Å². The molecule has 2 aromatic rings. The average Bonchev–Trinajstić information content (AvgIpc) is 2.64. The van der Waals surface area contributed by atoms with Crippen LogP contribution >= 0.6 is 15.9 Å². The molecular weight excluding hydrogens is 422 g/mol. The molecule has 3 amide bonds. The summed E-state index contributed by atoms with van der Waals surface area (Å²) in [5.74, 6) is -1.14. The highest BCUT2D eigenvalue weighted by Crippen LogP contribution is 2.30. The molecule has 0 heterocycles. The quantitative estimate of drug-likeness (QED) is 0.609. The minimum atomic E-state index is -0.443. The van der Waals surface area contributed by atoms with Crippen LogP contribution in [0.1, 0.15) is 49.5 Å². The van der Waals surface area contributed by atoms with Crippen molar-refractivity contribution in [2.75, 3.05) is 5.32 Å². The lowest BCUT2D eigenvalue weighted by Crippen LogP contribution is -2.41. The highest BCUT2D eigenvalue weighted by molar-refractivity contribution is 9.10. The van der Waals surface area contributed by atoms with Crippen LogP contribution in [0.3, 0.4) is 0 Å². The number of nitrogens with one attached hydrogen (secondary N) is 3. The fourth-order valence-electron chi connectivity index (χ4n) is 2.50. The number of hydrogen-bond donors (Lipinski definition) is 3.